The molecule has 1 saturated carbocycles. The van der Waals surface area contributed by atoms with Crippen LogP contribution in [-0.4, -0.2) is 10.9 Å². The molecule has 1 atom stereocenters. The van der Waals surface area contributed by atoms with Crippen LogP contribution in [0.5, 0.6) is 0 Å². The third-order valence-corrected chi connectivity index (χ3v) is 4.44. The summed E-state index contributed by atoms with van der Waals surface area (Å²) >= 11 is 0. The lowest BCUT2D eigenvalue weighted by atomic mass is 10.1. The average Bonchev–Trinajstić information content (AvgIpc) is 3.34. The molecular formula is C20H21N3O2. The molecular weight excluding hydrogens is 314 g/mol. The van der Waals surface area contributed by atoms with E-state index in [4.69, 9.17) is 4.42 Å². The third-order valence-electron chi connectivity index (χ3n) is 4.44. The van der Waals surface area contributed by atoms with E-state index in [1.807, 2.05) is 42.5 Å². The molecule has 25 heavy (non-hydrogen) atoms. The highest BCUT2D eigenvalue weighted by Gasteiger charge is 2.28. The number of benzene rings is 2. The van der Waals surface area contributed by atoms with Gasteiger partial charge in [-0.05, 0) is 55.7 Å². The van der Waals surface area contributed by atoms with Gasteiger partial charge in [-0.25, -0.2) is 4.98 Å². The Labute approximate surface area is 146 Å². The van der Waals surface area contributed by atoms with Crippen LogP contribution >= 0.6 is 0 Å². The molecule has 0 aliphatic heterocycles. The van der Waals surface area contributed by atoms with E-state index in [9.17, 15) is 4.79 Å². The molecule has 1 heterocycles. The molecule has 0 spiro atoms. The van der Waals surface area contributed by atoms with Crippen LogP contribution in [0.1, 0.15) is 50.1 Å². The fourth-order valence-corrected chi connectivity index (χ4v) is 2.93. The van der Waals surface area contributed by atoms with E-state index in [1.165, 1.54) is 19.8 Å². The highest BCUT2D eigenvalue weighted by Crippen LogP contribution is 2.40. The van der Waals surface area contributed by atoms with Gasteiger partial charge in [-0.15, -0.1) is 0 Å². The Morgan fingerprint density at radius 2 is 1.88 bits per heavy atom. The number of carbonyl (C=O) groups is 1. The average molecular weight is 335 g/mol. The van der Waals surface area contributed by atoms with Crippen molar-refractivity contribution in [2.45, 2.75) is 38.6 Å². The fourth-order valence-electron chi connectivity index (χ4n) is 2.93. The maximum atomic E-state index is 11.1. The molecule has 0 bridgehead atoms. The SMILES string of the molecule is CC(=O)Nc1ccc(C(C)Nc2ccc3oc(C4CC4)nc3c2)cc1. The number of carbonyl (C=O) groups excluding carboxylic acids is 1. The number of fused-ring (bicyclic) bond motifs is 1. The minimum Gasteiger partial charge on any atom is -0.440 e. The minimum absolute atomic E-state index is 0.0644. The van der Waals surface area contributed by atoms with Gasteiger partial charge < -0.3 is 15.1 Å². The number of nitrogens with zero attached hydrogens (tertiary/aromatic N) is 1. The van der Waals surface area contributed by atoms with Gasteiger partial charge in [0, 0.05) is 30.3 Å². The largest absolute Gasteiger partial charge is 0.440 e. The molecule has 5 heteroatoms. The van der Waals surface area contributed by atoms with Gasteiger partial charge in [-0.3, -0.25) is 4.79 Å². The Kier molecular flexibility index (Phi) is 3.92. The lowest BCUT2D eigenvalue weighted by Crippen LogP contribution is -2.08. The second-order valence-corrected chi connectivity index (χ2v) is 6.68. The van der Waals surface area contributed by atoms with Crippen molar-refractivity contribution in [1.82, 2.24) is 4.98 Å². The van der Waals surface area contributed by atoms with Crippen molar-refractivity contribution in [3.63, 3.8) is 0 Å². The first-order chi connectivity index (χ1) is 12.1. The van der Waals surface area contributed by atoms with E-state index in [1.54, 1.807) is 0 Å². The first kappa shape index (κ1) is 15.7. The van der Waals surface area contributed by atoms with E-state index >= 15 is 0 Å². The highest BCUT2D eigenvalue weighted by molar-refractivity contribution is 5.88. The molecule has 0 radical (unpaired) electrons. The summed E-state index contributed by atoms with van der Waals surface area (Å²) in [5.41, 5.74) is 4.72. The zero-order chi connectivity index (χ0) is 17.4. The standard InChI is InChI=1S/C20H21N3O2/c1-12(14-5-7-16(8-6-14)22-13(2)24)21-17-9-10-19-18(11-17)23-20(25-19)15-3-4-15/h5-12,15,21H,3-4H2,1-2H3,(H,22,24). The molecule has 4 rings (SSSR count). The molecule has 1 aliphatic carbocycles. The maximum Gasteiger partial charge on any atom is 0.221 e. The van der Waals surface area contributed by atoms with Crippen molar-refractivity contribution < 1.29 is 9.21 Å². The normalized spacial score (nSPS) is 15.1. The molecule has 2 N–H and O–H groups in total. The van der Waals surface area contributed by atoms with Crippen LogP contribution in [0, 0.1) is 0 Å². The summed E-state index contributed by atoms with van der Waals surface area (Å²) in [4.78, 5) is 15.7. The highest BCUT2D eigenvalue weighted by atomic mass is 16.3. The molecule has 1 unspecified atom stereocenters. The molecule has 128 valence electrons. The quantitative estimate of drug-likeness (QED) is 0.700. The fraction of sp³-hybridized carbons (Fsp3) is 0.300. The first-order valence-corrected chi connectivity index (χ1v) is 8.63. The van der Waals surface area contributed by atoms with E-state index in [2.05, 4.69) is 22.5 Å². The summed E-state index contributed by atoms with van der Waals surface area (Å²) in [6.07, 6.45) is 2.37. The summed E-state index contributed by atoms with van der Waals surface area (Å²) in [6, 6.07) is 14.0. The number of aromatic nitrogens is 1. The van der Waals surface area contributed by atoms with Gasteiger partial charge in [-0.1, -0.05) is 12.1 Å². The Balaban J connectivity index is 1.48. The topological polar surface area (TPSA) is 67.2 Å². The van der Waals surface area contributed by atoms with Gasteiger partial charge in [0.25, 0.3) is 0 Å². The van der Waals surface area contributed by atoms with Crippen molar-refractivity contribution in [3.05, 3.63) is 53.9 Å². The van der Waals surface area contributed by atoms with Gasteiger partial charge in [-0.2, -0.15) is 0 Å². The molecule has 5 nitrogen and oxygen atoms in total. The third kappa shape index (κ3) is 3.50. The Bertz CT molecular complexity index is 910. The Morgan fingerprint density at radius 1 is 1.16 bits per heavy atom. The molecule has 1 aromatic heterocycles. The molecule has 1 aliphatic rings. The lowest BCUT2D eigenvalue weighted by molar-refractivity contribution is -0.114. The lowest BCUT2D eigenvalue weighted by Gasteiger charge is -2.16. The van der Waals surface area contributed by atoms with E-state index < -0.39 is 0 Å². The number of hydrogen-bond donors (Lipinski definition) is 2. The summed E-state index contributed by atoms with van der Waals surface area (Å²) in [5, 5.41) is 6.27. The van der Waals surface area contributed by atoms with Crippen LogP contribution in [0.2, 0.25) is 0 Å². The molecule has 0 saturated heterocycles. The maximum absolute atomic E-state index is 11.1. The van der Waals surface area contributed by atoms with Crippen LogP contribution in [-0.2, 0) is 4.79 Å². The summed E-state index contributed by atoms with van der Waals surface area (Å²) < 4.78 is 5.81. The molecule has 3 aromatic rings. The predicted octanol–water partition coefficient (Wildman–Crippen LogP) is 4.84. The Morgan fingerprint density at radius 3 is 2.56 bits per heavy atom. The number of rotatable bonds is 5. The van der Waals surface area contributed by atoms with Gasteiger partial charge in [0.15, 0.2) is 11.5 Å². The number of amides is 1. The van der Waals surface area contributed by atoms with Crippen LogP contribution in [0.15, 0.2) is 46.9 Å². The van der Waals surface area contributed by atoms with Crippen molar-refractivity contribution in [1.29, 1.82) is 0 Å². The summed E-state index contributed by atoms with van der Waals surface area (Å²) in [7, 11) is 0. The Hall–Kier alpha value is -2.82. The number of hydrogen-bond acceptors (Lipinski definition) is 4. The van der Waals surface area contributed by atoms with Crippen LogP contribution < -0.4 is 10.6 Å². The first-order valence-electron chi connectivity index (χ1n) is 8.63. The predicted molar refractivity (Wildman–Crippen MR) is 98.8 cm³/mol. The second kappa shape index (κ2) is 6.24. The summed E-state index contributed by atoms with van der Waals surface area (Å²) in [6.45, 7) is 3.61. The zero-order valence-corrected chi connectivity index (χ0v) is 14.4. The van der Waals surface area contributed by atoms with Gasteiger partial charge >= 0.3 is 0 Å². The zero-order valence-electron chi connectivity index (χ0n) is 14.4. The smallest absolute Gasteiger partial charge is 0.221 e. The summed E-state index contributed by atoms with van der Waals surface area (Å²) in [5.74, 6) is 1.32. The van der Waals surface area contributed by atoms with E-state index in [0.717, 1.165) is 33.9 Å². The minimum atomic E-state index is -0.0644. The number of oxazole rings is 1. The van der Waals surface area contributed by atoms with Crippen molar-refractivity contribution in [3.8, 4) is 0 Å². The molecule has 1 amide bonds. The second-order valence-electron chi connectivity index (χ2n) is 6.68. The van der Waals surface area contributed by atoms with Crippen molar-refractivity contribution >= 4 is 28.4 Å². The number of anilines is 2. The number of nitrogens with one attached hydrogen (secondary N) is 2. The van der Waals surface area contributed by atoms with Gasteiger partial charge in [0.05, 0.1) is 0 Å². The van der Waals surface area contributed by atoms with E-state index in [0.29, 0.717) is 5.92 Å². The van der Waals surface area contributed by atoms with Gasteiger partial charge in [0.1, 0.15) is 5.52 Å². The monoisotopic (exact) mass is 335 g/mol. The van der Waals surface area contributed by atoms with Crippen molar-refractivity contribution in [2.24, 2.45) is 0 Å². The molecule has 2 aromatic carbocycles. The van der Waals surface area contributed by atoms with Crippen LogP contribution in [0.3, 0.4) is 0 Å². The van der Waals surface area contributed by atoms with Crippen LogP contribution in [0.4, 0.5) is 11.4 Å². The van der Waals surface area contributed by atoms with Crippen molar-refractivity contribution in [2.75, 3.05) is 10.6 Å². The van der Waals surface area contributed by atoms with E-state index in [-0.39, 0.29) is 11.9 Å². The molecule has 1 fully saturated rings. The van der Waals surface area contributed by atoms with Gasteiger partial charge in [0.2, 0.25) is 5.91 Å². The van der Waals surface area contributed by atoms with Crippen LogP contribution in [0.25, 0.3) is 11.1 Å².